The Morgan fingerprint density at radius 2 is 1.48 bits per heavy atom. The Labute approximate surface area is 246 Å². The average Bonchev–Trinajstić information content (AvgIpc) is 3.20. The molecule has 1 aliphatic carbocycles. The summed E-state index contributed by atoms with van der Waals surface area (Å²) in [4.78, 5) is 8.78. The van der Waals surface area contributed by atoms with Crippen molar-refractivity contribution in [3.63, 3.8) is 0 Å². The van der Waals surface area contributed by atoms with E-state index < -0.39 is 11.6 Å². The van der Waals surface area contributed by atoms with Gasteiger partial charge in [0.1, 0.15) is 0 Å². The summed E-state index contributed by atoms with van der Waals surface area (Å²) in [7, 11) is 0. The fourth-order valence-corrected chi connectivity index (χ4v) is 5.16. The summed E-state index contributed by atoms with van der Waals surface area (Å²) >= 11 is 0. The van der Waals surface area contributed by atoms with E-state index in [9.17, 15) is 8.78 Å². The number of benzene rings is 4. The molecule has 7 rings (SSSR count). The Bertz CT molecular complexity index is 1820. The third kappa shape index (κ3) is 5.11. The molecule has 0 fully saturated rings. The van der Waals surface area contributed by atoms with Crippen LogP contribution >= 0.6 is 0 Å². The zero-order valence-electron chi connectivity index (χ0n) is 21.9. The molecule has 0 bridgehead atoms. The number of hydrogen-bond donors (Lipinski definition) is 0. The molecule has 0 saturated heterocycles. The normalized spacial score (nSPS) is 12.5. The number of rotatable bonds is 2. The first-order chi connectivity index (χ1) is 18.9. The summed E-state index contributed by atoms with van der Waals surface area (Å²) in [6.45, 7) is 4.60. The maximum absolute atomic E-state index is 13.2. The first kappa shape index (κ1) is 27.5. The van der Waals surface area contributed by atoms with Gasteiger partial charge in [0.2, 0.25) is 0 Å². The van der Waals surface area contributed by atoms with Crippen molar-refractivity contribution in [1.82, 2.24) is 9.97 Å². The van der Waals surface area contributed by atoms with E-state index in [0.717, 1.165) is 28.9 Å². The molecule has 40 heavy (non-hydrogen) atoms. The molecule has 4 aromatic carbocycles. The number of nitrogens with zero attached hydrogens (tertiary/aromatic N) is 2. The van der Waals surface area contributed by atoms with Crippen molar-refractivity contribution in [2.45, 2.75) is 19.3 Å². The van der Waals surface area contributed by atoms with E-state index in [0.29, 0.717) is 5.69 Å². The van der Waals surface area contributed by atoms with Crippen LogP contribution in [0.4, 0.5) is 8.78 Å². The van der Waals surface area contributed by atoms with Crippen molar-refractivity contribution < 1.29 is 28.9 Å². The topological polar surface area (TPSA) is 25.8 Å². The van der Waals surface area contributed by atoms with Crippen LogP contribution in [0.2, 0.25) is 0 Å². The zero-order valence-corrected chi connectivity index (χ0v) is 24.3. The zero-order chi connectivity index (χ0) is 27.0. The molecule has 2 aromatic heterocycles. The molecule has 0 amide bonds. The summed E-state index contributed by atoms with van der Waals surface area (Å²) in [6.07, 6.45) is 1.55. The fraction of sp³-hybridized carbons (Fsp3) is 0.0857. The Hall–Kier alpha value is -4.05. The number of pyridine rings is 2. The minimum atomic E-state index is -0.649. The molecular formula is C35H24F2IrN2-2. The number of aromatic nitrogens is 2. The fourth-order valence-electron chi connectivity index (χ4n) is 5.16. The van der Waals surface area contributed by atoms with E-state index in [1.165, 1.54) is 27.6 Å². The van der Waals surface area contributed by atoms with Gasteiger partial charge in [0.25, 0.3) is 0 Å². The van der Waals surface area contributed by atoms with Gasteiger partial charge in [-0.2, -0.15) is 0 Å². The van der Waals surface area contributed by atoms with Gasteiger partial charge in [0.15, 0.2) is 0 Å². The van der Waals surface area contributed by atoms with Crippen LogP contribution in [0.5, 0.6) is 0 Å². The molecule has 0 spiro atoms. The van der Waals surface area contributed by atoms with Crippen LogP contribution in [0, 0.1) is 23.8 Å². The van der Waals surface area contributed by atoms with Gasteiger partial charge in [-0.15, -0.1) is 41.5 Å². The maximum atomic E-state index is 13.2. The number of fused-ring (bicyclic) bond motifs is 4. The molecule has 0 aliphatic heterocycles. The predicted molar refractivity (Wildman–Crippen MR) is 152 cm³/mol. The first-order valence-electron chi connectivity index (χ1n) is 12.7. The Balaban J connectivity index is 0.000000184. The molecule has 0 saturated carbocycles. The van der Waals surface area contributed by atoms with E-state index in [1.807, 2.05) is 12.1 Å². The van der Waals surface area contributed by atoms with E-state index in [-0.39, 0.29) is 31.1 Å². The van der Waals surface area contributed by atoms with Gasteiger partial charge in [-0.3, -0.25) is 13.8 Å². The summed E-state index contributed by atoms with van der Waals surface area (Å²) in [5, 5.41) is 1.17. The first-order valence-corrected chi connectivity index (χ1v) is 12.7. The van der Waals surface area contributed by atoms with E-state index in [1.54, 1.807) is 24.4 Å². The standard InChI is InChI=1S/C24H18N.C11H6F2N.Ir/c1-24(2)20-9-5-4-8-18(20)19-13-11-17(15-21(19)24)23-14-12-16-7-3-6-10-22(16)25-23;12-8-4-5-9(10(13)7-8)11-3-1-2-6-14-11;/h3-10,12-15H,1-2H3;1-4,6-7H;/q2*-1;. The maximum Gasteiger partial charge on any atom is 0.0595 e. The van der Waals surface area contributed by atoms with E-state index in [2.05, 4.69) is 91.6 Å². The summed E-state index contributed by atoms with van der Waals surface area (Å²) in [5.74, 6) is -1.29. The molecule has 1 radical (unpaired) electrons. The van der Waals surface area contributed by atoms with Gasteiger partial charge in [0.05, 0.1) is 5.52 Å². The molecule has 2 nitrogen and oxygen atoms in total. The van der Waals surface area contributed by atoms with Crippen molar-refractivity contribution in [2.24, 2.45) is 0 Å². The van der Waals surface area contributed by atoms with Crippen molar-refractivity contribution in [2.75, 3.05) is 0 Å². The second-order valence-electron chi connectivity index (χ2n) is 9.99. The number of halogens is 2. The third-order valence-corrected chi connectivity index (χ3v) is 7.17. The van der Waals surface area contributed by atoms with Crippen LogP contribution in [0.1, 0.15) is 25.0 Å². The third-order valence-electron chi connectivity index (χ3n) is 7.17. The van der Waals surface area contributed by atoms with Crippen molar-refractivity contribution in [1.29, 1.82) is 0 Å². The van der Waals surface area contributed by atoms with Gasteiger partial charge < -0.3 is 4.98 Å². The van der Waals surface area contributed by atoms with Crippen LogP contribution in [0.3, 0.4) is 0 Å². The minimum Gasteiger partial charge on any atom is -0.305 e. The summed E-state index contributed by atoms with van der Waals surface area (Å²) in [6, 6.07) is 38.6. The predicted octanol–water partition coefficient (Wildman–Crippen LogP) is 8.83. The quantitative estimate of drug-likeness (QED) is 0.169. The molecule has 6 aromatic rings. The Kier molecular flexibility index (Phi) is 7.71. The van der Waals surface area contributed by atoms with Crippen molar-refractivity contribution >= 4 is 10.9 Å². The Morgan fingerprint density at radius 1 is 0.700 bits per heavy atom. The smallest absolute Gasteiger partial charge is 0.0595 e. The largest absolute Gasteiger partial charge is 0.305 e. The van der Waals surface area contributed by atoms with Crippen LogP contribution in [0.15, 0.2) is 109 Å². The molecule has 5 heteroatoms. The van der Waals surface area contributed by atoms with Gasteiger partial charge in [0, 0.05) is 37.9 Å². The van der Waals surface area contributed by atoms with Crippen LogP contribution < -0.4 is 0 Å². The molecule has 0 N–H and O–H groups in total. The Morgan fingerprint density at radius 3 is 2.27 bits per heavy atom. The van der Waals surface area contributed by atoms with Crippen molar-refractivity contribution in [3.05, 3.63) is 144 Å². The van der Waals surface area contributed by atoms with E-state index >= 15 is 0 Å². The van der Waals surface area contributed by atoms with Gasteiger partial charge in [-0.25, -0.2) is 0 Å². The summed E-state index contributed by atoms with van der Waals surface area (Å²) < 4.78 is 25.8. The molecule has 1 aliphatic rings. The SMILES string of the molecule is CC1(C)c2ccccc2-c2c[c-]c(-c3ccc4ccccc4n3)cc21.Fc1c[c-]c(-c2ccccn2)c(F)c1.[Ir]. The molecule has 2 heterocycles. The van der Waals surface area contributed by atoms with Crippen LogP contribution in [0.25, 0.3) is 44.5 Å². The second kappa shape index (κ2) is 11.2. The summed E-state index contributed by atoms with van der Waals surface area (Å²) in [5.41, 5.74) is 9.08. The molecule has 0 unspecified atom stereocenters. The minimum absolute atomic E-state index is 0. The van der Waals surface area contributed by atoms with E-state index in [4.69, 9.17) is 4.98 Å². The van der Waals surface area contributed by atoms with Crippen LogP contribution in [-0.2, 0) is 25.5 Å². The van der Waals surface area contributed by atoms with Gasteiger partial charge >= 0.3 is 0 Å². The monoisotopic (exact) mass is 703 g/mol. The molecule has 199 valence electrons. The molecular weight excluding hydrogens is 679 g/mol. The number of para-hydroxylation sites is 1. The average molecular weight is 703 g/mol. The second-order valence-corrected chi connectivity index (χ2v) is 9.99. The van der Waals surface area contributed by atoms with Gasteiger partial charge in [-0.1, -0.05) is 103 Å². The van der Waals surface area contributed by atoms with Crippen LogP contribution in [-0.4, -0.2) is 9.97 Å². The van der Waals surface area contributed by atoms with Crippen molar-refractivity contribution in [3.8, 4) is 33.6 Å². The number of hydrogen-bond acceptors (Lipinski definition) is 2. The molecule has 0 atom stereocenters. The van der Waals surface area contributed by atoms with Gasteiger partial charge in [-0.05, 0) is 39.9 Å².